The summed E-state index contributed by atoms with van der Waals surface area (Å²) >= 11 is 1.64. The summed E-state index contributed by atoms with van der Waals surface area (Å²) in [6.45, 7) is 4.85. The zero-order valence-electron chi connectivity index (χ0n) is 16.0. The van der Waals surface area contributed by atoms with E-state index >= 15 is 0 Å². The predicted octanol–water partition coefficient (Wildman–Crippen LogP) is 4.11. The second-order valence-electron chi connectivity index (χ2n) is 7.87. The second kappa shape index (κ2) is 7.97. The van der Waals surface area contributed by atoms with E-state index in [1.807, 2.05) is 65.3 Å². The molecule has 0 bridgehead atoms. The first-order valence-corrected chi connectivity index (χ1v) is 9.56. The lowest BCUT2D eigenvalue weighted by Crippen LogP contribution is -2.43. The minimum Gasteiger partial charge on any atom is -0.490 e. The summed E-state index contributed by atoms with van der Waals surface area (Å²) in [7, 11) is 6.10. The molecule has 1 heterocycles. The van der Waals surface area contributed by atoms with Crippen molar-refractivity contribution in [2.24, 2.45) is 0 Å². The van der Waals surface area contributed by atoms with Crippen LogP contribution < -0.4 is 10.2 Å². The first kappa shape index (κ1) is 21.4. The van der Waals surface area contributed by atoms with Crippen LogP contribution >= 0.6 is 11.3 Å². The smallest absolute Gasteiger partial charge is 0.196 e. The number of aliphatic hydroxyl groups is 1. The van der Waals surface area contributed by atoms with Crippen molar-refractivity contribution >= 4 is 31.5 Å². The number of rotatable bonds is 5. The molecule has 0 saturated carbocycles. The number of fused-ring (bicyclic) bond motifs is 2. The van der Waals surface area contributed by atoms with E-state index in [0.29, 0.717) is 22.2 Å². The van der Waals surface area contributed by atoms with Gasteiger partial charge in [-0.1, -0.05) is 19.6 Å². The van der Waals surface area contributed by atoms with Gasteiger partial charge in [0.2, 0.25) is 0 Å². The van der Waals surface area contributed by atoms with Crippen LogP contribution in [0.3, 0.4) is 0 Å². The molecule has 1 aromatic heterocycles. The van der Waals surface area contributed by atoms with Crippen molar-refractivity contribution in [3.8, 4) is 5.75 Å². The monoisotopic (exact) mass is 388 g/mol. The molecule has 0 amide bonds. The summed E-state index contributed by atoms with van der Waals surface area (Å²) in [6, 6.07) is 9.54. The van der Waals surface area contributed by atoms with E-state index in [1.54, 1.807) is 11.3 Å². The van der Waals surface area contributed by atoms with Crippen molar-refractivity contribution in [3.63, 3.8) is 0 Å². The van der Waals surface area contributed by atoms with Crippen LogP contribution in [0.2, 0.25) is 0 Å². The van der Waals surface area contributed by atoms with Crippen LogP contribution in [0.5, 0.6) is 5.75 Å². The Morgan fingerprint density at radius 1 is 1.11 bits per heavy atom. The topological polar surface area (TPSA) is 46.5 Å². The summed E-state index contributed by atoms with van der Waals surface area (Å²) in [6.07, 6.45) is -0.559. The zero-order chi connectivity index (χ0) is 19.1. The number of nitrogens with zero attached hydrogens (tertiary/aromatic N) is 1. The molecule has 0 radical (unpaired) electrons. The van der Waals surface area contributed by atoms with E-state index in [2.05, 4.69) is 0 Å². The molecule has 3 rings (SSSR count). The maximum absolute atomic E-state index is 12.9. The van der Waals surface area contributed by atoms with Crippen molar-refractivity contribution in [1.29, 1.82) is 0 Å². The first-order valence-electron chi connectivity index (χ1n) is 8.74. The van der Waals surface area contributed by atoms with Crippen LogP contribution in [0.15, 0.2) is 35.1 Å². The van der Waals surface area contributed by atoms with Crippen LogP contribution in [-0.2, 0) is 0 Å². The number of quaternary nitrogens is 1. The third-order valence-electron chi connectivity index (χ3n) is 4.57. The summed E-state index contributed by atoms with van der Waals surface area (Å²) in [5, 5.41) is 11.6. The Labute approximate surface area is 165 Å². The highest BCUT2D eigenvalue weighted by Gasteiger charge is 2.18. The van der Waals surface area contributed by atoms with Crippen molar-refractivity contribution in [2.45, 2.75) is 27.4 Å². The molecule has 0 spiro atoms. The molecular weight excluding hydrogens is 358 g/mol. The van der Waals surface area contributed by atoms with Crippen LogP contribution in [0, 0.1) is 13.8 Å². The van der Waals surface area contributed by atoms with Crippen LogP contribution in [0.25, 0.3) is 20.2 Å². The van der Waals surface area contributed by atoms with Gasteiger partial charge in [0.1, 0.15) is 25.0 Å². The Hall–Kier alpha value is -1.95. The van der Waals surface area contributed by atoms with Gasteiger partial charge >= 0.3 is 0 Å². The number of benzene rings is 2. The highest BCUT2D eigenvalue weighted by atomic mass is 32.1. The van der Waals surface area contributed by atoms with Gasteiger partial charge < -0.3 is 14.3 Å². The number of ether oxygens (including phenoxy) is 1. The minimum atomic E-state index is -0.559. The fourth-order valence-corrected chi connectivity index (χ4v) is 4.39. The van der Waals surface area contributed by atoms with Crippen LogP contribution in [-0.4, -0.2) is 50.0 Å². The molecule has 5 heteroatoms. The van der Waals surface area contributed by atoms with Gasteiger partial charge in [-0.2, -0.15) is 0 Å². The lowest BCUT2D eigenvalue weighted by molar-refractivity contribution is -0.873. The van der Waals surface area contributed by atoms with E-state index in [0.717, 1.165) is 25.9 Å². The molecule has 4 nitrogen and oxygen atoms in total. The molecule has 0 saturated heterocycles. The molecule has 0 fully saturated rings. The first-order chi connectivity index (χ1) is 12.2. The molecule has 3 aromatic rings. The number of hydrogen-bond acceptors (Lipinski definition) is 4. The average Bonchev–Trinajstić information content (AvgIpc) is 2.56. The fourth-order valence-electron chi connectivity index (χ4n) is 3.18. The highest BCUT2D eigenvalue weighted by Crippen LogP contribution is 2.33. The van der Waals surface area contributed by atoms with Gasteiger partial charge in [-0.3, -0.25) is 4.79 Å². The molecule has 0 aliphatic rings. The zero-order valence-corrected chi connectivity index (χ0v) is 16.8. The highest BCUT2D eigenvalue weighted by molar-refractivity contribution is 7.24. The van der Waals surface area contributed by atoms with Crippen molar-refractivity contribution in [1.82, 2.24) is 0 Å². The van der Waals surface area contributed by atoms with E-state index in [9.17, 15) is 9.90 Å². The summed E-state index contributed by atoms with van der Waals surface area (Å²) in [5.74, 6) is 0.676. The van der Waals surface area contributed by atoms with Gasteiger partial charge in [-0.05, 0) is 43.2 Å². The van der Waals surface area contributed by atoms with Gasteiger partial charge in [0.15, 0.2) is 5.43 Å². The fraction of sp³-hybridized carbons (Fsp3) is 0.409. The molecule has 146 valence electrons. The Kier molecular flexibility index (Phi) is 6.30. The van der Waals surface area contributed by atoms with Crippen LogP contribution in [0.4, 0.5) is 0 Å². The predicted molar refractivity (Wildman–Crippen MR) is 116 cm³/mol. The Morgan fingerprint density at radius 2 is 1.78 bits per heavy atom. The standard InChI is InChI=1S/C21H26NO3S.CH4/c1-13-14(2)21-17(20(24)16-8-6-7-9-19(16)26-21)10-18(13)25-12-15(23)11-22(3,4)5;/h6-10,15,23H,11-12H2,1-5H3;1H4/q+1;. The normalized spacial score (nSPS) is 12.8. The largest absolute Gasteiger partial charge is 0.490 e. The van der Waals surface area contributed by atoms with Gasteiger partial charge in [-0.15, -0.1) is 11.3 Å². The van der Waals surface area contributed by atoms with Crippen molar-refractivity contribution < 1.29 is 14.3 Å². The van der Waals surface area contributed by atoms with Crippen molar-refractivity contribution in [2.75, 3.05) is 34.3 Å². The molecular formula is C22H30NO3S+. The SMILES string of the molecule is C.Cc1c(OCC(O)C[N+](C)(C)C)cc2c(=O)c3ccccc3sc2c1C. The van der Waals surface area contributed by atoms with Gasteiger partial charge in [-0.25, -0.2) is 0 Å². The molecule has 2 aromatic carbocycles. The lowest BCUT2D eigenvalue weighted by Gasteiger charge is -2.26. The lowest BCUT2D eigenvalue weighted by atomic mass is 10.1. The van der Waals surface area contributed by atoms with E-state index < -0.39 is 6.10 Å². The molecule has 1 atom stereocenters. The Balaban J connectivity index is 0.00000261. The summed E-state index contributed by atoms with van der Waals surface area (Å²) in [5.41, 5.74) is 2.11. The third kappa shape index (κ3) is 4.49. The van der Waals surface area contributed by atoms with E-state index in [1.165, 1.54) is 0 Å². The van der Waals surface area contributed by atoms with E-state index in [-0.39, 0.29) is 19.5 Å². The molecule has 1 N–H and O–H groups in total. The molecule has 1 unspecified atom stereocenters. The van der Waals surface area contributed by atoms with Gasteiger partial charge in [0, 0.05) is 20.2 Å². The number of aliphatic hydroxyl groups excluding tert-OH is 1. The quantitative estimate of drug-likeness (QED) is 0.528. The maximum Gasteiger partial charge on any atom is 0.196 e. The third-order valence-corrected chi connectivity index (χ3v) is 5.88. The number of likely N-dealkylation sites (N-methyl/N-ethyl adjacent to an activating group) is 1. The summed E-state index contributed by atoms with van der Waals surface area (Å²) in [4.78, 5) is 12.9. The molecule has 0 aliphatic heterocycles. The minimum absolute atomic E-state index is 0. The maximum atomic E-state index is 12.9. The summed E-state index contributed by atoms with van der Waals surface area (Å²) < 4.78 is 8.58. The number of hydrogen-bond donors (Lipinski definition) is 1. The Morgan fingerprint density at radius 3 is 2.44 bits per heavy atom. The second-order valence-corrected chi connectivity index (χ2v) is 8.92. The van der Waals surface area contributed by atoms with Gasteiger partial charge in [0.25, 0.3) is 0 Å². The Bertz CT molecular complexity index is 1020. The molecule has 0 aliphatic carbocycles. The average molecular weight is 389 g/mol. The molecule has 27 heavy (non-hydrogen) atoms. The van der Waals surface area contributed by atoms with Crippen LogP contribution in [0.1, 0.15) is 18.6 Å². The van der Waals surface area contributed by atoms with Crippen molar-refractivity contribution in [3.05, 3.63) is 51.7 Å². The number of aryl methyl sites for hydroxylation is 1. The van der Waals surface area contributed by atoms with Gasteiger partial charge in [0.05, 0.1) is 21.1 Å². The van der Waals surface area contributed by atoms with E-state index in [4.69, 9.17) is 4.74 Å².